The van der Waals surface area contributed by atoms with E-state index in [0.717, 1.165) is 18.7 Å². The van der Waals surface area contributed by atoms with Crippen molar-refractivity contribution in [1.82, 2.24) is 10.2 Å². The maximum atomic E-state index is 12.1. The zero-order valence-corrected chi connectivity index (χ0v) is 14.4. The summed E-state index contributed by atoms with van der Waals surface area (Å²) in [6.45, 7) is 3.23. The molecular weight excluding hydrogens is 352 g/mol. The number of hydrogen-bond donors (Lipinski definition) is 2. The van der Waals surface area contributed by atoms with Gasteiger partial charge in [0.25, 0.3) is 0 Å². The summed E-state index contributed by atoms with van der Waals surface area (Å²) in [4.78, 5) is 47.2. The number of aliphatic hydroxyl groups is 1. The third-order valence-electron chi connectivity index (χ3n) is 3.55. The van der Waals surface area contributed by atoms with E-state index in [4.69, 9.17) is 18.9 Å². The van der Waals surface area contributed by atoms with Crippen molar-refractivity contribution < 1.29 is 43.2 Å². The molecule has 2 aliphatic heterocycles. The third-order valence-corrected chi connectivity index (χ3v) is 3.55. The minimum absolute atomic E-state index is 0.274. The van der Waals surface area contributed by atoms with Crippen LogP contribution in [0.1, 0.15) is 20.8 Å². The summed E-state index contributed by atoms with van der Waals surface area (Å²) in [5, 5.41) is 11.7. The fourth-order valence-electron chi connectivity index (χ4n) is 2.61. The van der Waals surface area contributed by atoms with E-state index in [0.29, 0.717) is 0 Å². The predicted octanol–water partition coefficient (Wildman–Crippen LogP) is -1.00. The highest BCUT2D eigenvalue weighted by molar-refractivity contribution is 5.77. The van der Waals surface area contributed by atoms with Gasteiger partial charge in [0.2, 0.25) is 0 Å². The Balaban J connectivity index is 2.30. The van der Waals surface area contributed by atoms with Gasteiger partial charge in [0.15, 0.2) is 18.4 Å². The first kappa shape index (κ1) is 19.7. The summed E-state index contributed by atoms with van der Waals surface area (Å²) in [6, 6.07) is -0.711. The number of ether oxygens (including phenoxy) is 4. The zero-order valence-electron chi connectivity index (χ0n) is 14.4. The molecule has 0 radical (unpaired) electrons. The average molecular weight is 372 g/mol. The molecular formula is C15H20N2O9. The highest BCUT2D eigenvalue weighted by Gasteiger charge is 2.53. The molecule has 0 aromatic rings. The number of esters is 3. The molecule has 5 atom stereocenters. The lowest BCUT2D eigenvalue weighted by Crippen LogP contribution is -2.54. The maximum absolute atomic E-state index is 12.1. The van der Waals surface area contributed by atoms with Gasteiger partial charge in [0.05, 0.1) is 0 Å². The monoisotopic (exact) mass is 372 g/mol. The number of nitrogens with one attached hydrogen (secondary N) is 1. The van der Waals surface area contributed by atoms with Gasteiger partial charge in [-0.3, -0.25) is 19.3 Å². The number of amides is 2. The quantitative estimate of drug-likeness (QED) is 0.459. The summed E-state index contributed by atoms with van der Waals surface area (Å²) in [7, 11) is 0. The molecule has 2 unspecified atom stereocenters. The van der Waals surface area contributed by atoms with Gasteiger partial charge in [-0.2, -0.15) is 0 Å². The van der Waals surface area contributed by atoms with Crippen LogP contribution in [-0.2, 0) is 33.3 Å². The van der Waals surface area contributed by atoms with E-state index < -0.39 is 54.7 Å². The largest absolute Gasteiger partial charge is 0.463 e. The maximum Gasteiger partial charge on any atom is 0.325 e. The number of aliphatic hydroxyl groups excluding tert-OH is 1. The summed E-state index contributed by atoms with van der Waals surface area (Å²) < 4.78 is 21.0. The van der Waals surface area contributed by atoms with Gasteiger partial charge in [0, 0.05) is 27.0 Å². The number of urea groups is 1. The molecule has 2 aliphatic rings. The number of rotatable bonds is 5. The van der Waals surface area contributed by atoms with Crippen LogP contribution in [0.15, 0.2) is 12.3 Å². The highest BCUT2D eigenvalue weighted by Crippen LogP contribution is 2.30. The highest BCUT2D eigenvalue weighted by atomic mass is 16.7. The van der Waals surface area contributed by atoms with Crippen LogP contribution >= 0.6 is 0 Å². The fourth-order valence-corrected chi connectivity index (χ4v) is 2.61. The van der Waals surface area contributed by atoms with Crippen LogP contribution in [0.4, 0.5) is 4.79 Å². The van der Waals surface area contributed by atoms with Gasteiger partial charge in [-0.15, -0.1) is 0 Å². The van der Waals surface area contributed by atoms with Crippen LogP contribution in [0.5, 0.6) is 0 Å². The van der Waals surface area contributed by atoms with Gasteiger partial charge in [-0.05, 0) is 6.08 Å². The Labute approximate surface area is 148 Å². The Hall–Kier alpha value is -2.66. The molecule has 2 amide bonds. The molecule has 26 heavy (non-hydrogen) atoms. The summed E-state index contributed by atoms with van der Waals surface area (Å²) in [5.41, 5.74) is 0. The van der Waals surface area contributed by atoms with Crippen molar-refractivity contribution in [3.63, 3.8) is 0 Å². The molecule has 1 saturated heterocycles. The van der Waals surface area contributed by atoms with Gasteiger partial charge < -0.3 is 29.4 Å². The molecule has 0 spiro atoms. The van der Waals surface area contributed by atoms with Crippen molar-refractivity contribution in [2.75, 3.05) is 6.61 Å². The van der Waals surface area contributed by atoms with Crippen LogP contribution in [0.3, 0.4) is 0 Å². The van der Waals surface area contributed by atoms with Crippen molar-refractivity contribution in [3.05, 3.63) is 12.3 Å². The lowest BCUT2D eigenvalue weighted by molar-refractivity contribution is -0.166. The number of carbonyl (C=O) groups excluding carboxylic acids is 4. The van der Waals surface area contributed by atoms with Crippen LogP contribution in [-0.4, -0.2) is 71.3 Å². The molecule has 2 heterocycles. The Morgan fingerprint density at radius 2 is 1.77 bits per heavy atom. The summed E-state index contributed by atoms with van der Waals surface area (Å²) in [5.74, 6) is -1.94. The molecule has 2 N–H and O–H groups in total. The topological polar surface area (TPSA) is 141 Å². The molecule has 0 aromatic carbocycles. The first-order valence-corrected chi connectivity index (χ1v) is 7.77. The number of carbonyl (C=O) groups is 4. The van der Waals surface area contributed by atoms with E-state index in [1.165, 1.54) is 19.2 Å². The second kappa shape index (κ2) is 8.15. The third kappa shape index (κ3) is 4.70. The van der Waals surface area contributed by atoms with E-state index in [9.17, 15) is 24.3 Å². The predicted molar refractivity (Wildman–Crippen MR) is 81.9 cm³/mol. The average Bonchev–Trinajstić information content (AvgIpc) is 2.82. The van der Waals surface area contributed by atoms with Crippen molar-refractivity contribution >= 4 is 23.9 Å². The minimum atomic E-state index is -1.17. The smallest absolute Gasteiger partial charge is 0.325 e. The molecule has 1 fully saturated rings. The summed E-state index contributed by atoms with van der Waals surface area (Å²) in [6.07, 6.45) is -3.04. The second-order valence-corrected chi connectivity index (χ2v) is 5.66. The van der Waals surface area contributed by atoms with Crippen molar-refractivity contribution in [3.8, 4) is 0 Å². The van der Waals surface area contributed by atoms with Crippen molar-refractivity contribution in [2.45, 2.75) is 51.5 Å². The van der Waals surface area contributed by atoms with Gasteiger partial charge in [-0.1, -0.05) is 0 Å². The lowest BCUT2D eigenvalue weighted by atomic mass is 10.1. The Kier molecular flexibility index (Phi) is 6.16. The van der Waals surface area contributed by atoms with Crippen LogP contribution in [0.2, 0.25) is 0 Å². The SMILES string of the molecule is CC(=O)OC[C@H]1O[C@@H](N2C=CC(O)NC2=O)C(OC(C)=O)[C@H]1OC(C)=O. The molecule has 11 nitrogen and oxygen atoms in total. The van der Waals surface area contributed by atoms with E-state index in [2.05, 4.69) is 5.32 Å². The Morgan fingerprint density at radius 1 is 1.15 bits per heavy atom. The normalized spacial score (nSPS) is 30.5. The molecule has 0 aromatic heterocycles. The Morgan fingerprint density at radius 3 is 2.31 bits per heavy atom. The van der Waals surface area contributed by atoms with E-state index in [1.54, 1.807) is 0 Å². The lowest BCUT2D eigenvalue weighted by Gasteiger charge is -2.32. The molecule has 0 bridgehead atoms. The van der Waals surface area contributed by atoms with E-state index in [1.807, 2.05) is 0 Å². The summed E-state index contributed by atoms with van der Waals surface area (Å²) >= 11 is 0. The molecule has 144 valence electrons. The van der Waals surface area contributed by atoms with Gasteiger partial charge in [0.1, 0.15) is 18.9 Å². The Bertz CT molecular complexity index is 620. The first-order chi connectivity index (χ1) is 12.2. The van der Waals surface area contributed by atoms with E-state index >= 15 is 0 Å². The zero-order chi connectivity index (χ0) is 19.4. The van der Waals surface area contributed by atoms with Crippen LogP contribution < -0.4 is 5.32 Å². The standard InChI is InChI=1S/C15H20N2O9/c1-7(18)23-6-10-12(24-8(2)19)13(25-9(3)20)14(26-10)17-5-4-11(21)16-15(17)22/h4-5,10-14,21H,6H2,1-3H3,(H,16,22)/t10-,11?,12+,13?,14-/m1/s1. The minimum Gasteiger partial charge on any atom is -0.463 e. The number of nitrogens with zero attached hydrogens (tertiary/aromatic N) is 1. The molecule has 0 saturated carbocycles. The number of hydrogen-bond acceptors (Lipinski definition) is 9. The molecule has 0 aliphatic carbocycles. The van der Waals surface area contributed by atoms with Crippen molar-refractivity contribution in [2.24, 2.45) is 0 Å². The molecule has 2 rings (SSSR count). The van der Waals surface area contributed by atoms with Gasteiger partial charge >= 0.3 is 23.9 Å². The van der Waals surface area contributed by atoms with Crippen LogP contribution in [0, 0.1) is 0 Å². The van der Waals surface area contributed by atoms with Crippen molar-refractivity contribution in [1.29, 1.82) is 0 Å². The first-order valence-electron chi connectivity index (χ1n) is 7.77. The molecule has 11 heteroatoms. The fraction of sp³-hybridized carbons (Fsp3) is 0.600. The second-order valence-electron chi connectivity index (χ2n) is 5.66. The van der Waals surface area contributed by atoms with Crippen LogP contribution in [0.25, 0.3) is 0 Å². The van der Waals surface area contributed by atoms with E-state index in [-0.39, 0.29) is 6.61 Å². The van der Waals surface area contributed by atoms with Gasteiger partial charge in [-0.25, -0.2) is 4.79 Å².